The Labute approximate surface area is 202 Å². The molecular formula is C30H46O3. The molecule has 2 saturated carbocycles. The van der Waals surface area contributed by atoms with Gasteiger partial charge in [0.2, 0.25) is 0 Å². The van der Waals surface area contributed by atoms with E-state index < -0.39 is 0 Å². The van der Waals surface area contributed by atoms with Gasteiger partial charge in [0.25, 0.3) is 0 Å². The summed E-state index contributed by atoms with van der Waals surface area (Å²) in [6.45, 7) is 6.91. The Bertz CT molecular complexity index is 694. The van der Waals surface area contributed by atoms with Crippen LogP contribution in [0.15, 0.2) is 36.9 Å². The van der Waals surface area contributed by atoms with Gasteiger partial charge in [-0.15, -0.1) is 6.58 Å². The Morgan fingerprint density at radius 2 is 1.55 bits per heavy atom. The fraction of sp³-hybridized carbons (Fsp3) is 0.700. The number of esters is 1. The number of ether oxygens (including phenoxy) is 2. The van der Waals surface area contributed by atoms with E-state index in [1.807, 2.05) is 30.3 Å². The Hall–Kier alpha value is -1.77. The van der Waals surface area contributed by atoms with Crippen LogP contribution in [0.5, 0.6) is 11.5 Å². The second-order valence-electron chi connectivity index (χ2n) is 10.6. The van der Waals surface area contributed by atoms with Crippen LogP contribution in [0.2, 0.25) is 0 Å². The number of carbonyl (C=O) groups excluding carboxylic acids is 1. The summed E-state index contributed by atoms with van der Waals surface area (Å²) in [5.74, 6) is 3.24. The molecule has 0 bridgehead atoms. The zero-order valence-corrected chi connectivity index (χ0v) is 21.0. The highest BCUT2D eigenvalue weighted by molar-refractivity contribution is 5.79. The number of carbonyl (C=O) groups is 1. The molecule has 3 rings (SSSR count). The number of benzene rings is 1. The average molecular weight is 455 g/mol. The molecule has 1 aromatic carbocycles. The van der Waals surface area contributed by atoms with Gasteiger partial charge < -0.3 is 9.47 Å². The van der Waals surface area contributed by atoms with E-state index in [4.69, 9.17) is 9.47 Å². The van der Waals surface area contributed by atoms with Gasteiger partial charge in [-0.25, -0.2) is 0 Å². The van der Waals surface area contributed by atoms with Gasteiger partial charge in [0.05, 0.1) is 12.0 Å². The number of hydrogen-bond donors (Lipinski definition) is 0. The molecule has 0 aromatic heterocycles. The third kappa shape index (κ3) is 8.19. The number of rotatable bonds is 13. The van der Waals surface area contributed by atoms with Crippen LogP contribution in [0.25, 0.3) is 0 Å². The summed E-state index contributed by atoms with van der Waals surface area (Å²) in [4.78, 5) is 12.9. The van der Waals surface area contributed by atoms with Crippen molar-refractivity contribution in [1.82, 2.24) is 0 Å². The van der Waals surface area contributed by atoms with Crippen LogP contribution in [0, 0.1) is 17.3 Å². The molecule has 0 radical (unpaired) electrons. The van der Waals surface area contributed by atoms with Gasteiger partial charge in [-0.2, -0.15) is 0 Å². The third-order valence-electron chi connectivity index (χ3n) is 8.02. The van der Waals surface area contributed by atoms with E-state index >= 15 is 0 Å². The molecule has 0 unspecified atom stereocenters. The zero-order valence-electron chi connectivity index (χ0n) is 21.0. The Balaban J connectivity index is 1.34. The van der Waals surface area contributed by atoms with E-state index in [2.05, 4.69) is 13.5 Å². The molecule has 0 N–H and O–H groups in total. The van der Waals surface area contributed by atoms with Crippen molar-refractivity contribution in [2.45, 2.75) is 110 Å². The Kier molecular flexibility index (Phi) is 10.8. The first-order chi connectivity index (χ1) is 16.1. The molecule has 0 heterocycles. The van der Waals surface area contributed by atoms with Crippen LogP contribution < -0.4 is 9.47 Å². The SMILES string of the molecule is C=CCC1(C(=O)Oc2ccc(OCCC[C@H]3CC[C@H](CCCCC)CC3)cc2)CCCCC1. The second kappa shape index (κ2) is 13.8. The number of hydrogen-bond acceptors (Lipinski definition) is 3. The summed E-state index contributed by atoms with van der Waals surface area (Å²) in [6.07, 6.45) is 21.4. The molecule has 0 spiro atoms. The summed E-state index contributed by atoms with van der Waals surface area (Å²) >= 11 is 0. The summed E-state index contributed by atoms with van der Waals surface area (Å²) < 4.78 is 11.7. The highest BCUT2D eigenvalue weighted by atomic mass is 16.5. The van der Waals surface area contributed by atoms with Crippen molar-refractivity contribution in [2.75, 3.05) is 6.61 Å². The molecule has 0 amide bonds. The van der Waals surface area contributed by atoms with E-state index in [1.54, 1.807) is 0 Å². The van der Waals surface area contributed by atoms with E-state index in [0.717, 1.165) is 56.3 Å². The summed E-state index contributed by atoms with van der Waals surface area (Å²) in [5, 5.41) is 0. The van der Waals surface area contributed by atoms with Gasteiger partial charge in [0, 0.05) is 0 Å². The van der Waals surface area contributed by atoms with Crippen molar-refractivity contribution in [1.29, 1.82) is 0 Å². The largest absolute Gasteiger partial charge is 0.494 e. The topological polar surface area (TPSA) is 35.5 Å². The first kappa shape index (κ1) is 25.8. The number of unbranched alkanes of at least 4 members (excludes halogenated alkanes) is 2. The standard InChI is InChI=1S/C30H46O3/c1-3-5-7-11-25-13-15-26(16-14-25)12-10-24-32-27-17-19-28(20-18-27)33-29(31)30(21-4-2)22-8-6-9-23-30/h4,17-20,25-26H,2-3,5-16,21-24H2,1H3/t25-,26-. The van der Waals surface area contributed by atoms with Crippen LogP contribution in [-0.2, 0) is 4.79 Å². The normalized spacial score (nSPS) is 22.5. The van der Waals surface area contributed by atoms with Crippen molar-refractivity contribution < 1.29 is 14.3 Å². The molecule has 2 aliphatic carbocycles. The van der Waals surface area contributed by atoms with E-state index in [-0.39, 0.29) is 11.4 Å². The highest BCUT2D eigenvalue weighted by Crippen LogP contribution is 2.41. The van der Waals surface area contributed by atoms with Crippen LogP contribution in [0.3, 0.4) is 0 Å². The van der Waals surface area contributed by atoms with E-state index in [0.29, 0.717) is 12.2 Å². The predicted molar refractivity (Wildman–Crippen MR) is 137 cm³/mol. The quantitative estimate of drug-likeness (QED) is 0.129. The van der Waals surface area contributed by atoms with Crippen molar-refractivity contribution in [3.8, 4) is 11.5 Å². The van der Waals surface area contributed by atoms with Crippen LogP contribution in [0.1, 0.15) is 110 Å². The number of allylic oxidation sites excluding steroid dienone is 1. The maximum atomic E-state index is 12.9. The fourth-order valence-corrected chi connectivity index (χ4v) is 5.87. The van der Waals surface area contributed by atoms with Crippen molar-refractivity contribution in [3.05, 3.63) is 36.9 Å². The lowest BCUT2D eigenvalue weighted by Crippen LogP contribution is -2.36. The van der Waals surface area contributed by atoms with Gasteiger partial charge in [-0.3, -0.25) is 4.79 Å². The minimum Gasteiger partial charge on any atom is -0.494 e. The first-order valence-corrected chi connectivity index (χ1v) is 13.7. The molecule has 184 valence electrons. The fourth-order valence-electron chi connectivity index (χ4n) is 5.87. The van der Waals surface area contributed by atoms with E-state index in [1.165, 1.54) is 64.2 Å². The van der Waals surface area contributed by atoms with Gasteiger partial charge in [-0.1, -0.05) is 83.6 Å². The van der Waals surface area contributed by atoms with Gasteiger partial charge >= 0.3 is 5.97 Å². The lowest BCUT2D eigenvalue weighted by atomic mass is 9.72. The Morgan fingerprint density at radius 3 is 2.15 bits per heavy atom. The van der Waals surface area contributed by atoms with Gasteiger partial charge in [0.15, 0.2) is 0 Å². The maximum absolute atomic E-state index is 12.9. The Morgan fingerprint density at radius 1 is 0.939 bits per heavy atom. The van der Waals surface area contributed by atoms with Crippen LogP contribution in [0.4, 0.5) is 0 Å². The molecule has 3 nitrogen and oxygen atoms in total. The lowest BCUT2D eigenvalue weighted by molar-refractivity contribution is -0.147. The minimum absolute atomic E-state index is 0.101. The van der Waals surface area contributed by atoms with Crippen LogP contribution in [-0.4, -0.2) is 12.6 Å². The molecular weight excluding hydrogens is 408 g/mol. The lowest BCUT2D eigenvalue weighted by Gasteiger charge is -2.33. The third-order valence-corrected chi connectivity index (χ3v) is 8.02. The molecule has 2 fully saturated rings. The summed E-state index contributed by atoms with van der Waals surface area (Å²) in [7, 11) is 0. The molecule has 0 saturated heterocycles. The van der Waals surface area contributed by atoms with E-state index in [9.17, 15) is 4.79 Å². The molecule has 33 heavy (non-hydrogen) atoms. The van der Waals surface area contributed by atoms with Gasteiger partial charge in [0.1, 0.15) is 11.5 Å². The molecule has 3 heteroatoms. The van der Waals surface area contributed by atoms with Crippen molar-refractivity contribution in [2.24, 2.45) is 17.3 Å². The van der Waals surface area contributed by atoms with Crippen molar-refractivity contribution in [3.63, 3.8) is 0 Å². The maximum Gasteiger partial charge on any atom is 0.317 e. The molecule has 0 atom stereocenters. The molecule has 2 aliphatic rings. The smallest absolute Gasteiger partial charge is 0.317 e. The summed E-state index contributed by atoms with van der Waals surface area (Å²) in [6, 6.07) is 7.56. The second-order valence-corrected chi connectivity index (χ2v) is 10.6. The average Bonchev–Trinajstić information content (AvgIpc) is 2.84. The van der Waals surface area contributed by atoms with Crippen LogP contribution >= 0.6 is 0 Å². The van der Waals surface area contributed by atoms with Crippen molar-refractivity contribution >= 4 is 5.97 Å². The highest BCUT2D eigenvalue weighted by Gasteiger charge is 2.40. The molecule has 1 aromatic rings. The van der Waals surface area contributed by atoms with Gasteiger partial charge in [-0.05, 0) is 68.2 Å². The monoisotopic (exact) mass is 454 g/mol. The zero-order chi connectivity index (χ0) is 23.4. The first-order valence-electron chi connectivity index (χ1n) is 13.7. The molecule has 0 aliphatic heterocycles. The minimum atomic E-state index is -0.385. The summed E-state index contributed by atoms with van der Waals surface area (Å²) in [5.41, 5.74) is -0.385. The predicted octanol–water partition coefficient (Wildman–Crippen LogP) is 8.66.